The minimum absolute atomic E-state index is 0.0571. The smallest absolute Gasteiger partial charge is 0.241 e. The predicted octanol–water partition coefficient (Wildman–Crippen LogP) is 0.197. The third kappa shape index (κ3) is 6.63. The van der Waals surface area contributed by atoms with Gasteiger partial charge in [-0.3, -0.25) is 14.4 Å². The first-order valence-corrected chi connectivity index (χ1v) is 9.21. The Bertz CT molecular complexity index is 742. The van der Waals surface area contributed by atoms with Gasteiger partial charge in [-0.1, -0.05) is 12.1 Å². The van der Waals surface area contributed by atoms with Crippen molar-refractivity contribution in [3.63, 3.8) is 0 Å². The molecule has 0 radical (unpaired) electrons. The molecule has 9 heteroatoms. The number of rotatable bonds is 8. The molecular weight excluding hydrogens is 346 g/mol. The van der Waals surface area contributed by atoms with Crippen LogP contribution in [0.3, 0.4) is 0 Å². The molecule has 0 spiro atoms. The highest BCUT2D eigenvalue weighted by Gasteiger charge is 2.22. The third-order valence-corrected chi connectivity index (χ3v) is 4.73. The molecule has 138 valence electrons. The van der Waals surface area contributed by atoms with Gasteiger partial charge in [0.05, 0.1) is 17.5 Å². The summed E-state index contributed by atoms with van der Waals surface area (Å²) in [4.78, 5) is 34.6. The quantitative estimate of drug-likeness (QED) is 0.565. The maximum absolute atomic E-state index is 12.3. The molecule has 0 aromatic heterocycles. The first-order chi connectivity index (χ1) is 11.5. The molecule has 1 aromatic carbocycles. The molecule has 0 bridgehead atoms. The van der Waals surface area contributed by atoms with Crippen LogP contribution in [0.15, 0.2) is 29.2 Å². The molecule has 0 aliphatic heterocycles. The van der Waals surface area contributed by atoms with Gasteiger partial charge in [0.15, 0.2) is 5.78 Å². The van der Waals surface area contributed by atoms with Crippen LogP contribution in [0.25, 0.3) is 0 Å². The number of hydrogen-bond donors (Lipinski definition) is 3. The molecule has 25 heavy (non-hydrogen) atoms. The van der Waals surface area contributed by atoms with Crippen LogP contribution in [0, 0.1) is 0 Å². The number of Topliss-reactive ketones (excluding diaryl/α,β-unsaturated/α-hetero) is 1. The van der Waals surface area contributed by atoms with Crippen LogP contribution in [-0.2, 0) is 19.6 Å². The summed E-state index contributed by atoms with van der Waals surface area (Å²) >= 11 is 0. The monoisotopic (exact) mass is 369 g/mol. The maximum atomic E-state index is 12.3. The average molecular weight is 369 g/mol. The lowest BCUT2D eigenvalue weighted by molar-refractivity contribution is -0.127. The van der Waals surface area contributed by atoms with Crippen LogP contribution < -0.4 is 15.4 Å². The molecule has 0 heterocycles. The minimum atomic E-state index is -3.93. The van der Waals surface area contributed by atoms with E-state index in [-0.39, 0.29) is 29.2 Å². The van der Waals surface area contributed by atoms with Gasteiger partial charge in [-0.25, -0.2) is 8.42 Å². The fraction of sp³-hybridized carbons (Fsp3) is 0.438. The highest BCUT2D eigenvalue weighted by Crippen LogP contribution is 2.11. The first kappa shape index (κ1) is 20.8. The predicted molar refractivity (Wildman–Crippen MR) is 92.5 cm³/mol. The van der Waals surface area contributed by atoms with E-state index in [1.165, 1.54) is 38.1 Å². The summed E-state index contributed by atoms with van der Waals surface area (Å²) < 4.78 is 26.7. The van der Waals surface area contributed by atoms with Gasteiger partial charge in [-0.05, 0) is 39.8 Å². The van der Waals surface area contributed by atoms with Crippen molar-refractivity contribution < 1.29 is 22.8 Å². The summed E-state index contributed by atoms with van der Waals surface area (Å²) in [6, 6.07) is 4.26. The van der Waals surface area contributed by atoms with Gasteiger partial charge in [0, 0.05) is 11.6 Å². The number of carbonyl (C=O) groups is 3. The molecule has 8 nitrogen and oxygen atoms in total. The minimum Gasteiger partial charge on any atom is -0.352 e. The van der Waals surface area contributed by atoms with E-state index in [2.05, 4.69) is 15.4 Å². The standard InChI is InChI=1S/C16H23N3O5S/c1-10(2)18-15(21)9-17-16(22)11(3)19-25(23,24)14-7-5-13(6-8-14)12(4)20/h5-8,10-11,19H,9H2,1-4H3,(H,17,22)(H,18,21)/t11-/m0/s1. The van der Waals surface area contributed by atoms with Crippen molar-refractivity contribution in [1.29, 1.82) is 0 Å². The SMILES string of the molecule is CC(=O)c1ccc(S(=O)(=O)N[C@@H](C)C(=O)NCC(=O)NC(C)C)cc1. The Morgan fingerprint density at radius 2 is 1.60 bits per heavy atom. The van der Waals surface area contributed by atoms with Gasteiger partial charge >= 0.3 is 0 Å². The molecule has 0 saturated heterocycles. The number of carbonyl (C=O) groups excluding carboxylic acids is 3. The Kier molecular flexibility index (Phi) is 7.25. The zero-order chi connectivity index (χ0) is 19.2. The lowest BCUT2D eigenvalue weighted by Crippen LogP contribution is -2.48. The Balaban J connectivity index is 2.67. The van der Waals surface area contributed by atoms with Crippen LogP contribution >= 0.6 is 0 Å². The van der Waals surface area contributed by atoms with E-state index in [9.17, 15) is 22.8 Å². The topological polar surface area (TPSA) is 121 Å². The Morgan fingerprint density at radius 1 is 1.04 bits per heavy atom. The molecule has 0 fully saturated rings. The summed E-state index contributed by atoms with van der Waals surface area (Å²) in [6.45, 7) is 6.08. The van der Waals surface area contributed by atoms with E-state index in [0.717, 1.165) is 0 Å². The molecule has 0 unspecified atom stereocenters. The molecule has 1 rings (SSSR count). The zero-order valence-corrected chi connectivity index (χ0v) is 15.4. The van der Waals surface area contributed by atoms with E-state index in [1.54, 1.807) is 13.8 Å². The van der Waals surface area contributed by atoms with Crippen LogP contribution in [0.4, 0.5) is 0 Å². The number of amides is 2. The number of sulfonamides is 1. The fourth-order valence-electron chi connectivity index (χ4n) is 1.92. The van der Waals surface area contributed by atoms with Crippen molar-refractivity contribution in [2.24, 2.45) is 0 Å². The van der Waals surface area contributed by atoms with E-state index >= 15 is 0 Å². The van der Waals surface area contributed by atoms with Crippen molar-refractivity contribution in [3.05, 3.63) is 29.8 Å². The number of nitrogens with one attached hydrogen (secondary N) is 3. The Morgan fingerprint density at radius 3 is 2.08 bits per heavy atom. The number of hydrogen-bond acceptors (Lipinski definition) is 5. The van der Waals surface area contributed by atoms with Crippen LogP contribution in [-0.4, -0.2) is 44.6 Å². The summed E-state index contributed by atoms with van der Waals surface area (Å²) in [5, 5.41) is 4.97. The molecule has 1 aromatic rings. The number of benzene rings is 1. The van der Waals surface area contributed by atoms with Crippen LogP contribution in [0.5, 0.6) is 0 Å². The Hall–Kier alpha value is -2.26. The van der Waals surface area contributed by atoms with Gasteiger partial charge in [-0.15, -0.1) is 0 Å². The lowest BCUT2D eigenvalue weighted by Gasteiger charge is -2.15. The van der Waals surface area contributed by atoms with Crippen molar-refractivity contribution in [1.82, 2.24) is 15.4 Å². The summed E-state index contributed by atoms with van der Waals surface area (Å²) in [6.07, 6.45) is 0. The van der Waals surface area contributed by atoms with Crippen molar-refractivity contribution in [2.45, 2.75) is 44.7 Å². The second-order valence-corrected chi connectivity index (χ2v) is 7.58. The van der Waals surface area contributed by atoms with Crippen molar-refractivity contribution >= 4 is 27.6 Å². The summed E-state index contributed by atoms with van der Waals surface area (Å²) in [5.41, 5.74) is 0.390. The van der Waals surface area contributed by atoms with Gasteiger partial charge in [0.1, 0.15) is 0 Å². The highest BCUT2D eigenvalue weighted by molar-refractivity contribution is 7.89. The van der Waals surface area contributed by atoms with E-state index in [0.29, 0.717) is 5.56 Å². The average Bonchev–Trinajstić information content (AvgIpc) is 2.51. The summed E-state index contributed by atoms with van der Waals surface area (Å²) in [7, 11) is -3.93. The second kappa shape index (κ2) is 8.72. The largest absolute Gasteiger partial charge is 0.352 e. The molecule has 0 saturated carbocycles. The molecule has 1 atom stereocenters. The van der Waals surface area contributed by atoms with Crippen molar-refractivity contribution in [2.75, 3.05) is 6.54 Å². The van der Waals surface area contributed by atoms with E-state index < -0.39 is 22.0 Å². The second-order valence-electron chi connectivity index (χ2n) is 5.86. The van der Waals surface area contributed by atoms with E-state index in [4.69, 9.17) is 0 Å². The van der Waals surface area contributed by atoms with Gasteiger partial charge in [0.2, 0.25) is 21.8 Å². The normalized spacial score (nSPS) is 12.5. The summed E-state index contributed by atoms with van der Waals surface area (Å²) in [5.74, 6) is -1.16. The maximum Gasteiger partial charge on any atom is 0.241 e. The molecule has 2 amide bonds. The van der Waals surface area contributed by atoms with Crippen LogP contribution in [0.1, 0.15) is 38.1 Å². The van der Waals surface area contributed by atoms with Gasteiger partial charge < -0.3 is 10.6 Å². The lowest BCUT2D eigenvalue weighted by atomic mass is 10.2. The van der Waals surface area contributed by atoms with Gasteiger partial charge in [-0.2, -0.15) is 4.72 Å². The zero-order valence-electron chi connectivity index (χ0n) is 14.6. The fourth-order valence-corrected chi connectivity index (χ4v) is 3.12. The highest BCUT2D eigenvalue weighted by atomic mass is 32.2. The molecule has 0 aliphatic rings. The van der Waals surface area contributed by atoms with Crippen molar-refractivity contribution in [3.8, 4) is 0 Å². The third-order valence-electron chi connectivity index (χ3n) is 3.17. The molecular formula is C16H23N3O5S. The van der Waals surface area contributed by atoms with E-state index in [1.807, 2.05) is 0 Å². The van der Waals surface area contributed by atoms with Gasteiger partial charge in [0.25, 0.3) is 0 Å². The molecule has 0 aliphatic carbocycles. The Labute approximate surface area is 147 Å². The molecule has 3 N–H and O–H groups in total. The first-order valence-electron chi connectivity index (χ1n) is 7.73. The number of ketones is 1. The van der Waals surface area contributed by atoms with Crippen LogP contribution in [0.2, 0.25) is 0 Å².